The van der Waals surface area contributed by atoms with E-state index in [1.807, 2.05) is 24.3 Å². The first-order chi connectivity index (χ1) is 7.25. The fourth-order valence-corrected chi connectivity index (χ4v) is 1.66. The first-order valence-electron chi connectivity index (χ1n) is 5.06. The lowest BCUT2D eigenvalue weighted by Gasteiger charge is -2.15. The van der Waals surface area contributed by atoms with E-state index in [0.717, 1.165) is 24.1 Å². The van der Waals surface area contributed by atoms with Gasteiger partial charge >= 0.3 is 0 Å². The van der Waals surface area contributed by atoms with Gasteiger partial charge in [-0.1, -0.05) is 23.7 Å². The maximum absolute atomic E-state index is 5.83. The van der Waals surface area contributed by atoms with Gasteiger partial charge in [0.25, 0.3) is 0 Å². The van der Waals surface area contributed by atoms with Crippen molar-refractivity contribution in [1.82, 2.24) is 10.6 Å². The molecule has 0 radical (unpaired) electrons. The van der Waals surface area contributed by atoms with Crippen molar-refractivity contribution in [2.45, 2.75) is 13.0 Å². The van der Waals surface area contributed by atoms with Gasteiger partial charge < -0.3 is 10.6 Å². The Morgan fingerprint density at radius 3 is 2.73 bits per heavy atom. The molecule has 4 heteroatoms. The molecule has 0 fully saturated rings. The molecular weight excluding hydrogens is 210 g/mol. The topological polar surface area (TPSA) is 36.4 Å². The minimum Gasteiger partial charge on any atom is -0.355 e. The van der Waals surface area contributed by atoms with Crippen molar-refractivity contribution in [1.29, 1.82) is 0 Å². The van der Waals surface area contributed by atoms with E-state index in [9.17, 15) is 0 Å². The molecule has 1 aliphatic rings. The Bertz CT molecular complexity index is 359. The van der Waals surface area contributed by atoms with E-state index in [0.29, 0.717) is 0 Å². The minimum atomic E-state index is 0.242. The molecule has 1 unspecified atom stereocenters. The van der Waals surface area contributed by atoms with E-state index in [2.05, 4.69) is 22.5 Å². The maximum atomic E-state index is 5.83. The van der Waals surface area contributed by atoms with Gasteiger partial charge in [0.05, 0.1) is 12.6 Å². The van der Waals surface area contributed by atoms with Crippen molar-refractivity contribution in [3.8, 4) is 0 Å². The Morgan fingerprint density at radius 1 is 1.40 bits per heavy atom. The number of hydrogen-bond donors (Lipinski definition) is 2. The molecule has 1 aromatic carbocycles. The molecule has 0 saturated carbocycles. The largest absolute Gasteiger partial charge is 0.355 e. The van der Waals surface area contributed by atoms with Crippen molar-refractivity contribution in [3.63, 3.8) is 0 Å². The van der Waals surface area contributed by atoms with Crippen molar-refractivity contribution in [2.75, 3.05) is 13.1 Å². The van der Waals surface area contributed by atoms with Gasteiger partial charge in [0.1, 0.15) is 0 Å². The van der Waals surface area contributed by atoms with Gasteiger partial charge in [0.15, 0.2) is 5.96 Å². The van der Waals surface area contributed by atoms with Gasteiger partial charge in [-0.2, -0.15) is 0 Å². The standard InChI is InChI=1S/C11H14ClN3/c1-8(15-11-13-6-7-14-11)9-2-4-10(12)5-3-9/h2-5,8H,6-7H2,1H3,(H2,13,14,15). The summed E-state index contributed by atoms with van der Waals surface area (Å²) in [5, 5.41) is 7.26. The lowest BCUT2D eigenvalue weighted by Crippen LogP contribution is -2.35. The lowest BCUT2D eigenvalue weighted by molar-refractivity contribution is 0.702. The van der Waals surface area contributed by atoms with Crippen LogP contribution in [0.25, 0.3) is 0 Å². The molecule has 0 spiro atoms. The first-order valence-corrected chi connectivity index (χ1v) is 5.44. The van der Waals surface area contributed by atoms with Crippen molar-refractivity contribution in [2.24, 2.45) is 4.99 Å². The second-order valence-corrected chi connectivity index (χ2v) is 4.01. The van der Waals surface area contributed by atoms with Crippen LogP contribution < -0.4 is 10.6 Å². The quantitative estimate of drug-likeness (QED) is 0.804. The minimum absolute atomic E-state index is 0.242. The summed E-state index contributed by atoms with van der Waals surface area (Å²) in [7, 11) is 0. The number of nitrogens with zero attached hydrogens (tertiary/aromatic N) is 1. The smallest absolute Gasteiger partial charge is 0.191 e. The molecule has 0 amide bonds. The fourth-order valence-electron chi connectivity index (χ4n) is 1.53. The van der Waals surface area contributed by atoms with Gasteiger partial charge in [-0.25, -0.2) is 0 Å². The molecular formula is C11H14ClN3. The van der Waals surface area contributed by atoms with E-state index in [1.54, 1.807) is 0 Å². The van der Waals surface area contributed by atoms with Crippen LogP contribution in [0.15, 0.2) is 29.3 Å². The molecule has 1 atom stereocenters. The van der Waals surface area contributed by atoms with Crippen LogP contribution in [0.2, 0.25) is 5.02 Å². The first kappa shape index (κ1) is 10.3. The van der Waals surface area contributed by atoms with Crippen molar-refractivity contribution >= 4 is 17.6 Å². The van der Waals surface area contributed by atoms with Crippen LogP contribution in [0, 0.1) is 0 Å². The summed E-state index contributed by atoms with van der Waals surface area (Å²) in [5.74, 6) is 0.887. The highest BCUT2D eigenvalue weighted by Gasteiger charge is 2.09. The van der Waals surface area contributed by atoms with Gasteiger partial charge in [0.2, 0.25) is 0 Å². The lowest BCUT2D eigenvalue weighted by atomic mass is 10.1. The van der Waals surface area contributed by atoms with Gasteiger partial charge in [-0.05, 0) is 24.6 Å². The molecule has 0 saturated heterocycles. The third-order valence-electron chi connectivity index (χ3n) is 2.40. The van der Waals surface area contributed by atoms with E-state index in [1.165, 1.54) is 5.56 Å². The van der Waals surface area contributed by atoms with Crippen molar-refractivity contribution in [3.05, 3.63) is 34.9 Å². The van der Waals surface area contributed by atoms with E-state index in [4.69, 9.17) is 11.6 Å². The van der Waals surface area contributed by atoms with Crippen LogP contribution >= 0.6 is 11.6 Å². The third kappa shape index (κ3) is 2.63. The van der Waals surface area contributed by atoms with Gasteiger partial charge in [-0.15, -0.1) is 0 Å². The zero-order valence-corrected chi connectivity index (χ0v) is 9.38. The SMILES string of the molecule is CC(NC1=NCCN1)c1ccc(Cl)cc1. The van der Waals surface area contributed by atoms with Crippen LogP contribution in [-0.4, -0.2) is 19.0 Å². The average molecular weight is 224 g/mol. The Balaban J connectivity index is 2.00. The number of hydrogen-bond acceptors (Lipinski definition) is 3. The summed E-state index contributed by atoms with van der Waals surface area (Å²) in [6, 6.07) is 8.09. The number of aliphatic imine (C=N–C) groups is 1. The summed E-state index contributed by atoms with van der Waals surface area (Å²) in [6.07, 6.45) is 0. The highest BCUT2D eigenvalue weighted by molar-refractivity contribution is 6.30. The van der Waals surface area contributed by atoms with Crippen LogP contribution in [0.1, 0.15) is 18.5 Å². The van der Waals surface area contributed by atoms with Crippen LogP contribution in [0.3, 0.4) is 0 Å². The predicted octanol–water partition coefficient (Wildman–Crippen LogP) is 1.95. The van der Waals surface area contributed by atoms with Crippen molar-refractivity contribution < 1.29 is 0 Å². The normalized spacial score (nSPS) is 16.8. The highest BCUT2D eigenvalue weighted by atomic mass is 35.5. The summed E-state index contributed by atoms with van der Waals surface area (Å²) in [6.45, 7) is 3.89. The Hall–Kier alpha value is -1.22. The summed E-state index contributed by atoms with van der Waals surface area (Å²) >= 11 is 5.83. The highest BCUT2D eigenvalue weighted by Crippen LogP contribution is 2.15. The zero-order chi connectivity index (χ0) is 10.7. The van der Waals surface area contributed by atoms with E-state index >= 15 is 0 Å². The van der Waals surface area contributed by atoms with Gasteiger partial charge in [0, 0.05) is 11.6 Å². The van der Waals surface area contributed by atoms with E-state index in [-0.39, 0.29) is 6.04 Å². The molecule has 15 heavy (non-hydrogen) atoms. The monoisotopic (exact) mass is 223 g/mol. The molecule has 1 heterocycles. The van der Waals surface area contributed by atoms with Crippen LogP contribution in [0.4, 0.5) is 0 Å². The second kappa shape index (κ2) is 4.53. The van der Waals surface area contributed by atoms with E-state index < -0.39 is 0 Å². The molecule has 0 bridgehead atoms. The molecule has 2 N–H and O–H groups in total. The number of guanidine groups is 1. The molecule has 0 aliphatic carbocycles. The molecule has 0 aromatic heterocycles. The summed E-state index contributed by atoms with van der Waals surface area (Å²) in [4.78, 5) is 4.29. The number of rotatable bonds is 2. The number of nitrogens with one attached hydrogen (secondary N) is 2. The molecule has 1 aromatic rings. The summed E-state index contributed by atoms with van der Waals surface area (Å²) in [5.41, 5.74) is 1.20. The second-order valence-electron chi connectivity index (χ2n) is 3.57. The Labute approximate surface area is 94.5 Å². The predicted molar refractivity (Wildman–Crippen MR) is 63.3 cm³/mol. The third-order valence-corrected chi connectivity index (χ3v) is 2.65. The average Bonchev–Trinajstić information content (AvgIpc) is 2.71. The molecule has 80 valence electrons. The maximum Gasteiger partial charge on any atom is 0.191 e. The Kier molecular flexibility index (Phi) is 3.11. The fraction of sp³-hybridized carbons (Fsp3) is 0.364. The number of benzene rings is 1. The molecule has 1 aliphatic heterocycles. The molecule has 3 nitrogen and oxygen atoms in total. The van der Waals surface area contributed by atoms with Gasteiger partial charge in [-0.3, -0.25) is 4.99 Å². The molecule has 2 rings (SSSR count). The van der Waals surface area contributed by atoms with Crippen LogP contribution in [-0.2, 0) is 0 Å². The summed E-state index contributed by atoms with van der Waals surface area (Å²) < 4.78 is 0. The Morgan fingerprint density at radius 2 is 2.13 bits per heavy atom. The zero-order valence-electron chi connectivity index (χ0n) is 8.63. The van der Waals surface area contributed by atoms with Crippen LogP contribution in [0.5, 0.6) is 0 Å². The number of halogens is 1.